The largest absolute Gasteiger partial charge is 0.481 e. The fraction of sp³-hybridized carbons (Fsp3) is 0.364. The summed E-state index contributed by atoms with van der Waals surface area (Å²) in [7, 11) is -4.19. The summed E-state index contributed by atoms with van der Waals surface area (Å²) >= 11 is 0. The molecule has 0 saturated carbocycles. The molecule has 0 amide bonds. The van der Waals surface area contributed by atoms with Crippen molar-refractivity contribution in [2.24, 2.45) is 5.92 Å². The molecule has 0 aromatic heterocycles. The highest BCUT2D eigenvalue weighted by atomic mass is 32.2. The van der Waals surface area contributed by atoms with Crippen LogP contribution in [0.2, 0.25) is 0 Å². The molecular weight excluding hydrogens is 280 g/mol. The van der Waals surface area contributed by atoms with Gasteiger partial charge >= 0.3 is 5.97 Å². The summed E-state index contributed by atoms with van der Waals surface area (Å²) in [5.74, 6) is -3.74. The van der Waals surface area contributed by atoms with Gasteiger partial charge in [0.05, 0.1) is 5.92 Å². The summed E-state index contributed by atoms with van der Waals surface area (Å²) in [4.78, 5) is 9.74. The van der Waals surface area contributed by atoms with Crippen LogP contribution in [-0.2, 0) is 14.8 Å². The van der Waals surface area contributed by atoms with E-state index in [0.29, 0.717) is 12.1 Å². The third-order valence-electron chi connectivity index (χ3n) is 2.47. The van der Waals surface area contributed by atoms with E-state index in [4.69, 9.17) is 5.11 Å². The van der Waals surface area contributed by atoms with E-state index in [1.165, 1.54) is 6.92 Å². The number of halogens is 2. The van der Waals surface area contributed by atoms with Crippen LogP contribution in [-0.4, -0.2) is 26.0 Å². The Hall–Kier alpha value is -1.54. The van der Waals surface area contributed by atoms with Crippen LogP contribution in [0.1, 0.15) is 13.3 Å². The molecule has 8 heteroatoms. The third kappa shape index (κ3) is 4.25. The van der Waals surface area contributed by atoms with Gasteiger partial charge in [-0.2, -0.15) is 0 Å². The Morgan fingerprint density at radius 1 is 1.42 bits per heavy atom. The fourth-order valence-corrected chi connectivity index (χ4v) is 2.43. The van der Waals surface area contributed by atoms with Crippen LogP contribution in [0.15, 0.2) is 23.1 Å². The van der Waals surface area contributed by atoms with Gasteiger partial charge in [0.15, 0.2) is 0 Å². The second kappa shape index (κ2) is 6.07. The van der Waals surface area contributed by atoms with E-state index in [-0.39, 0.29) is 13.0 Å². The summed E-state index contributed by atoms with van der Waals surface area (Å²) in [5.41, 5.74) is 0. The Bertz CT molecular complexity index is 574. The molecular formula is C11H13F2NO4S. The molecule has 1 aromatic rings. The predicted molar refractivity (Wildman–Crippen MR) is 63.0 cm³/mol. The molecule has 0 aliphatic carbocycles. The lowest BCUT2D eigenvalue weighted by Crippen LogP contribution is -2.28. The van der Waals surface area contributed by atoms with Crippen molar-refractivity contribution < 1.29 is 27.1 Å². The second-order valence-corrected chi connectivity index (χ2v) is 5.74. The van der Waals surface area contributed by atoms with Crippen LogP contribution in [0, 0.1) is 17.6 Å². The highest BCUT2D eigenvalue weighted by molar-refractivity contribution is 7.89. The summed E-state index contributed by atoms with van der Waals surface area (Å²) in [6.45, 7) is 1.24. The number of sulfonamides is 1. The van der Waals surface area contributed by atoms with Crippen LogP contribution >= 0.6 is 0 Å². The van der Waals surface area contributed by atoms with Crippen LogP contribution in [0.25, 0.3) is 0 Å². The number of carboxylic acid groups (broad SMARTS) is 1. The minimum atomic E-state index is -4.19. The number of hydrogen-bond donors (Lipinski definition) is 2. The Morgan fingerprint density at radius 3 is 2.63 bits per heavy atom. The standard InChI is InChI=1S/C11H13F2NO4S/c1-7(11(15)16)4-5-14-19(17,18)10-6-8(12)2-3-9(10)13/h2-3,6-7,14H,4-5H2,1H3,(H,15,16). The quantitative estimate of drug-likeness (QED) is 0.829. The van der Waals surface area contributed by atoms with E-state index in [1.807, 2.05) is 4.72 Å². The topological polar surface area (TPSA) is 83.5 Å². The molecule has 2 N–H and O–H groups in total. The lowest BCUT2D eigenvalue weighted by molar-refractivity contribution is -0.141. The van der Waals surface area contributed by atoms with Crippen LogP contribution in [0.4, 0.5) is 8.78 Å². The maximum absolute atomic E-state index is 13.3. The van der Waals surface area contributed by atoms with Gasteiger partial charge in [-0.05, 0) is 24.6 Å². The van der Waals surface area contributed by atoms with Gasteiger partial charge in [0, 0.05) is 6.54 Å². The number of benzene rings is 1. The molecule has 19 heavy (non-hydrogen) atoms. The van der Waals surface area contributed by atoms with E-state index >= 15 is 0 Å². The highest BCUT2D eigenvalue weighted by Gasteiger charge is 2.20. The zero-order valence-corrected chi connectivity index (χ0v) is 10.9. The number of aliphatic carboxylic acids is 1. The van der Waals surface area contributed by atoms with Crippen LogP contribution < -0.4 is 4.72 Å². The summed E-state index contributed by atoms with van der Waals surface area (Å²) in [6.07, 6.45) is 0.0471. The van der Waals surface area contributed by atoms with Crippen molar-refractivity contribution in [3.63, 3.8) is 0 Å². The van der Waals surface area contributed by atoms with Gasteiger partial charge < -0.3 is 5.11 Å². The average Bonchev–Trinajstić information content (AvgIpc) is 2.31. The Labute approximate surface area is 109 Å². The van der Waals surface area contributed by atoms with Crippen molar-refractivity contribution in [3.8, 4) is 0 Å². The van der Waals surface area contributed by atoms with E-state index in [2.05, 4.69) is 0 Å². The molecule has 0 aliphatic rings. The summed E-state index contributed by atoms with van der Waals surface area (Å²) in [6, 6.07) is 2.09. The van der Waals surface area contributed by atoms with Crippen molar-refractivity contribution >= 4 is 16.0 Å². The maximum Gasteiger partial charge on any atom is 0.306 e. The number of nitrogens with one attached hydrogen (secondary N) is 1. The SMILES string of the molecule is CC(CCNS(=O)(=O)c1cc(F)ccc1F)C(=O)O. The van der Waals surface area contributed by atoms with Crippen molar-refractivity contribution in [1.29, 1.82) is 0 Å². The molecule has 106 valence electrons. The average molecular weight is 293 g/mol. The zero-order chi connectivity index (χ0) is 14.6. The number of carboxylic acids is 1. The lowest BCUT2D eigenvalue weighted by atomic mass is 10.1. The van der Waals surface area contributed by atoms with Gasteiger partial charge in [-0.3, -0.25) is 4.79 Å². The van der Waals surface area contributed by atoms with Crippen molar-refractivity contribution in [2.45, 2.75) is 18.2 Å². The van der Waals surface area contributed by atoms with Gasteiger partial charge in [0.1, 0.15) is 16.5 Å². The highest BCUT2D eigenvalue weighted by Crippen LogP contribution is 2.15. The van der Waals surface area contributed by atoms with E-state index in [9.17, 15) is 22.0 Å². The van der Waals surface area contributed by atoms with Crippen LogP contribution in [0.3, 0.4) is 0 Å². The first-order valence-electron chi connectivity index (χ1n) is 5.41. The minimum Gasteiger partial charge on any atom is -0.481 e. The van der Waals surface area contributed by atoms with Gasteiger partial charge in [-0.25, -0.2) is 21.9 Å². The molecule has 1 atom stereocenters. The predicted octanol–water partition coefficient (Wildman–Crippen LogP) is 1.35. The molecule has 0 radical (unpaired) electrons. The summed E-state index contributed by atoms with van der Waals surface area (Å²) in [5, 5.41) is 8.62. The molecule has 0 fully saturated rings. The maximum atomic E-state index is 13.3. The second-order valence-electron chi connectivity index (χ2n) is 4.00. The first-order chi connectivity index (χ1) is 8.74. The van der Waals surface area contributed by atoms with E-state index in [0.717, 1.165) is 6.07 Å². The molecule has 1 aromatic carbocycles. The van der Waals surface area contributed by atoms with Gasteiger partial charge in [-0.15, -0.1) is 0 Å². The fourth-order valence-electron chi connectivity index (χ4n) is 1.29. The molecule has 1 unspecified atom stereocenters. The molecule has 0 spiro atoms. The van der Waals surface area contributed by atoms with Gasteiger partial charge in [0.25, 0.3) is 0 Å². The van der Waals surface area contributed by atoms with Gasteiger partial charge in [0.2, 0.25) is 10.0 Å². The molecule has 0 heterocycles. The number of rotatable bonds is 6. The summed E-state index contributed by atoms with van der Waals surface area (Å²) < 4.78 is 51.6. The van der Waals surface area contributed by atoms with Gasteiger partial charge in [-0.1, -0.05) is 6.92 Å². The van der Waals surface area contributed by atoms with Crippen molar-refractivity contribution in [2.75, 3.05) is 6.54 Å². The number of carbonyl (C=O) groups is 1. The lowest BCUT2D eigenvalue weighted by Gasteiger charge is -2.09. The molecule has 0 bridgehead atoms. The first kappa shape index (κ1) is 15.5. The Balaban J connectivity index is 2.76. The molecule has 0 aliphatic heterocycles. The monoisotopic (exact) mass is 293 g/mol. The Kier molecular flexibility index (Phi) is 4.96. The van der Waals surface area contributed by atoms with E-state index < -0.39 is 38.4 Å². The minimum absolute atomic E-state index is 0.0471. The normalized spacial score (nSPS) is 13.2. The van der Waals surface area contributed by atoms with Crippen molar-refractivity contribution in [1.82, 2.24) is 4.72 Å². The Morgan fingerprint density at radius 2 is 2.05 bits per heavy atom. The third-order valence-corrected chi connectivity index (χ3v) is 3.95. The smallest absolute Gasteiger partial charge is 0.306 e. The first-order valence-corrected chi connectivity index (χ1v) is 6.90. The molecule has 0 saturated heterocycles. The van der Waals surface area contributed by atoms with Crippen molar-refractivity contribution in [3.05, 3.63) is 29.8 Å². The van der Waals surface area contributed by atoms with E-state index in [1.54, 1.807) is 0 Å². The number of hydrogen-bond acceptors (Lipinski definition) is 3. The molecule has 5 nitrogen and oxygen atoms in total. The zero-order valence-electron chi connectivity index (χ0n) is 10.1. The molecule has 1 rings (SSSR count). The van der Waals surface area contributed by atoms with Crippen LogP contribution in [0.5, 0.6) is 0 Å².